The maximum Gasteiger partial charge on any atom is 0.257 e. The van der Waals surface area contributed by atoms with Crippen molar-refractivity contribution in [3.05, 3.63) is 89.2 Å². The molecule has 0 aliphatic heterocycles. The molecule has 0 unspecified atom stereocenters. The van der Waals surface area contributed by atoms with Crippen molar-refractivity contribution in [2.45, 2.75) is 20.0 Å². The van der Waals surface area contributed by atoms with E-state index in [9.17, 15) is 4.79 Å². The Morgan fingerprint density at radius 2 is 1.48 bits per heavy atom. The van der Waals surface area contributed by atoms with Gasteiger partial charge < -0.3 is 4.90 Å². The molecule has 1 amide bonds. The summed E-state index contributed by atoms with van der Waals surface area (Å²) in [6.45, 7) is 3.00. The van der Waals surface area contributed by atoms with Crippen LogP contribution in [0.4, 0.5) is 0 Å². The molecule has 3 rings (SSSR count). The molecular weight excluding hydrogens is 286 g/mol. The third-order valence-electron chi connectivity index (χ3n) is 3.78. The lowest BCUT2D eigenvalue weighted by Crippen LogP contribution is -2.30. The van der Waals surface area contributed by atoms with Gasteiger partial charge in [0, 0.05) is 18.8 Å². The van der Waals surface area contributed by atoms with Gasteiger partial charge in [0.25, 0.3) is 5.91 Å². The molecule has 2 aromatic carbocycles. The summed E-state index contributed by atoms with van der Waals surface area (Å²) in [5.74, 6) is -0.0102. The number of nitrogens with zero attached hydrogens (tertiary/aromatic N) is 2. The fourth-order valence-corrected chi connectivity index (χ4v) is 2.54. The van der Waals surface area contributed by atoms with Crippen molar-refractivity contribution in [2.24, 2.45) is 0 Å². The maximum atomic E-state index is 12.9. The van der Waals surface area contributed by atoms with Gasteiger partial charge in [0.15, 0.2) is 0 Å². The molecule has 4 heteroatoms. The molecule has 116 valence electrons. The average Bonchev–Trinajstić information content (AvgIpc) is 3.01. The summed E-state index contributed by atoms with van der Waals surface area (Å²) in [5.41, 5.74) is 3.63. The number of rotatable bonds is 5. The Morgan fingerprint density at radius 3 is 1.91 bits per heavy atom. The number of benzene rings is 2. The number of carbonyl (C=O) groups excluding carboxylic acids is 1. The Morgan fingerprint density at radius 1 is 0.957 bits per heavy atom. The first kappa shape index (κ1) is 15.0. The zero-order chi connectivity index (χ0) is 16.1. The number of nitrogens with one attached hydrogen (secondary N) is 1. The first-order valence-electron chi connectivity index (χ1n) is 7.61. The fraction of sp³-hybridized carbons (Fsp3) is 0.158. The van der Waals surface area contributed by atoms with Gasteiger partial charge in [0.05, 0.1) is 11.8 Å². The van der Waals surface area contributed by atoms with Gasteiger partial charge in [-0.15, -0.1) is 0 Å². The van der Waals surface area contributed by atoms with Gasteiger partial charge in [-0.2, -0.15) is 5.10 Å². The highest BCUT2D eigenvalue weighted by atomic mass is 16.2. The largest absolute Gasteiger partial charge is 0.330 e. The van der Waals surface area contributed by atoms with Crippen LogP contribution in [0.5, 0.6) is 0 Å². The molecule has 0 saturated heterocycles. The van der Waals surface area contributed by atoms with Gasteiger partial charge in [0.1, 0.15) is 0 Å². The SMILES string of the molecule is Cc1[nH]ncc1C(=O)N(Cc1ccccc1)Cc1ccccc1. The number of amides is 1. The Labute approximate surface area is 135 Å². The van der Waals surface area contributed by atoms with E-state index < -0.39 is 0 Å². The van der Waals surface area contributed by atoms with E-state index in [1.165, 1.54) is 0 Å². The van der Waals surface area contributed by atoms with E-state index in [2.05, 4.69) is 10.2 Å². The first-order chi connectivity index (χ1) is 11.2. The van der Waals surface area contributed by atoms with Crippen molar-refractivity contribution in [2.75, 3.05) is 0 Å². The molecule has 23 heavy (non-hydrogen) atoms. The number of aromatic amines is 1. The van der Waals surface area contributed by atoms with Gasteiger partial charge in [-0.05, 0) is 18.1 Å². The standard InChI is InChI=1S/C19H19N3O/c1-15-18(12-20-21-15)19(23)22(13-16-8-4-2-5-9-16)14-17-10-6-3-7-11-17/h2-12H,13-14H2,1H3,(H,20,21). The van der Waals surface area contributed by atoms with Crippen LogP contribution in [0.15, 0.2) is 66.9 Å². The second-order valence-electron chi connectivity index (χ2n) is 5.54. The molecule has 0 spiro atoms. The molecule has 1 N–H and O–H groups in total. The normalized spacial score (nSPS) is 10.5. The van der Waals surface area contributed by atoms with E-state index in [0.29, 0.717) is 18.7 Å². The molecule has 1 aromatic heterocycles. The molecule has 0 atom stereocenters. The van der Waals surface area contributed by atoms with Crippen LogP contribution in [0.2, 0.25) is 0 Å². The number of hydrogen-bond donors (Lipinski definition) is 1. The lowest BCUT2D eigenvalue weighted by molar-refractivity contribution is 0.0729. The van der Waals surface area contributed by atoms with Gasteiger partial charge >= 0.3 is 0 Å². The van der Waals surface area contributed by atoms with E-state index in [1.54, 1.807) is 6.20 Å². The fourth-order valence-electron chi connectivity index (χ4n) is 2.54. The zero-order valence-corrected chi connectivity index (χ0v) is 13.1. The molecule has 1 heterocycles. The monoisotopic (exact) mass is 305 g/mol. The lowest BCUT2D eigenvalue weighted by Gasteiger charge is -2.23. The Kier molecular flexibility index (Phi) is 4.52. The smallest absolute Gasteiger partial charge is 0.257 e. The minimum Gasteiger partial charge on any atom is -0.330 e. The van der Waals surface area contributed by atoms with Crippen LogP contribution < -0.4 is 0 Å². The number of carbonyl (C=O) groups is 1. The maximum absolute atomic E-state index is 12.9. The van der Waals surface area contributed by atoms with Gasteiger partial charge in [0.2, 0.25) is 0 Å². The zero-order valence-electron chi connectivity index (χ0n) is 13.1. The molecule has 0 aliphatic rings. The van der Waals surface area contributed by atoms with E-state index in [4.69, 9.17) is 0 Å². The topological polar surface area (TPSA) is 49.0 Å². The molecule has 3 aromatic rings. The molecule has 0 fully saturated rings. The number of hydrogen-bond acceptors (Lipinski definition) is 2. The van der Waals surface area contributed by atoms with Crippen LogP contribution in [-0.4, -0.2) is 21.0 Å². The van der Waals surface area contributed by atoms with Crippen molar-refractivity contribution in [3.8, 4) is 0 Å². The highest BCUT2D eigenvalue weighted by Crippen LogP contribution is 2.15. The average molecular weight is 305 g/mol. The summed E-state index contributed by atoms with van der Waals surface area (Å²) in [7, 11) is 0. The van der Waals surface area contributed by atoms with Crippen LogP contribution in [0.25, 0.3) is 0 Å². The summed E-state index contributed by atoms with van der Waals surface area (Å²) < 4.78 is 0. The first-order valence-corrected chi connectivity index (χ1v) is 7.61. The summed E-state index contributed by atoms with van der Waals surface area (Å²) in [4.78, 5) is 14.8. The molecule has 0 aliphatic carbocycles. The summed E-state index contributed by atoms with van der Waals surface area (Å²) in [6.07, 6.45) is 1.60. The van der Waals surface area contributed by atoms with Crippen molar-refractivity contribution < 1.29 is 4.79 Å². The Hall–Kier alpha value is -2.88. The van der Waals surface area contributed by atoms with E-state index >= 15 is 0 Å². The predicted octanol–water partition coefficient (Wildman–Crippen LogP) is 3.56. The van der Waals surface area contributed by atoms with E-state index in [1.807, 2.05) is 72.5 Å². The minimum atomic E-state index is -0.0102. The highest BCUT2D eigenvalue weighted by molar-refractivity contribution is 5.94. The molecule has 0 radical (unpaired) electrons. The Bertz CT molecular complexity index is 724. The van der Waals surface area contributed by atoms with Crippen LogP contribution in [0.1, 0.15) is 27.2 Å². The minimum absolute atomic E-state index is 0.0102. The van der Waals surface area contributed by atoms with Crippen molar-refractivity contribution in [3.63, 3.8) is 0 Å². The van der Waals surface area contributed by atoms with Crippen molar-refractivity contribution in [1.29, 1.82) is 0 Å². The summed E-state index contributed by atoms with van der Waals surface area (Å²) in [5, 5.41) is 6.80. The van der Waals surface area contributed by atoms with Crippen LogP contribution in [0, 0.1) is 6.92 Å². The number of aromatic nitrogens is 2. The summed E-state index contributed by atoms with van der Waals surface area (Å²) >= 11 is 0. The second kappa shape index (κ2) is 6.92. The number of aryl methyl sites for hydroxylation is 1. The van der Waals surface area contributed by atoms with Crippen LogP contribution in [-0.2, 0) is 13.1 Å². The molecular formula is C19H19N3O. The molecule has 4 nitrogen and oxygen atoms in total. The molecule has 0 saturated carbocycles. The summed E-state index contributed by atoms with van der Waals surface area (Å²) in [6, 6.07) is 20.1. The van der Waals surface area contributed by atoms with E-state index in [-0.39, 0.29) is 5.91 Å². The van der Waals surface area contributed by atoms with Gasteiger partial charge in [-0.3, -0.25) is 9.89 Å². The van der Waals surface area contributed by atoms with Gasteiger partial charge in [-0.1, -0.05) is 60.7 Å². The van der Waals surface area contributed by atoms with Crippen molar-refractivity contribution in [1.82, 2.24) is 15.1 Å². The molecule has 0 bridgehead atoms. The Balaban J connectivity index is 1.86. The highest BCUT2D eigenvalue weighted by Gasteiger charge is 2.19. The lowest BCUT2D eigenvalue weighted by atomic mass is 10.1. The third-order valence-corrected chi connectivity index (χ3v) is 3.78. The van der Waals surface area contributed by atoms with Crippen molar-refractivity contribution >= 4 is 5.91 Å². The van der Waals surface area contributed by atoms with Crippen LogP contribution in [0.3, 0.4) is 0 Å². The van der Waals surface area contributed by atoms with Crippen LogP contribution >= 0.6 is 0 Å². The predicted molar refractivity (Wildman–Crippen MR) is 89.8 cm³/mol. The van der Waals surface area contributed by atoms with E-state index in [0.717, 1.165) is 16.8 Å². The number of H-pyrrole nitrogens is 1. The quantitative estimate of drug-likeness (QED) is 0.783. The van der Waals surface area contributed by atoms with Gasteiger partial charge in [-0.25, -0.2) is 0 Å². The third kappa shape index (κ3) is 3.66. The second-order valence-corrected chi connectivity index (χ2v) is 5.54.